The number of hydrogen-bond acceptors (Lipinski definition) is 4. The predicted molar refractivity (Wildman–Crippen MR) is 75.4 cm³/mol. The molecule has 2 atom stereocenters. The van der Waals surface area contributed by atoms with Crippen molar-refractivity contribution in [2.75, 3.05) is 12.8 Å². The second kappa shape index (κ2) is 7.14. The highest BCUT2D eigenvalue weighted by Gasteiger charge is 2.35. The maximum absolute atomic E-state index is 12.0. The molecule has 1 aliphatic rings. The third-order valence-electron chi connectivity index (χ3n) is 3.89. The molecule has 0 aliphatic carbocycles. The van der Waals surface area contributed by atoms with Crippen molar-refractivity contribution < 1.29 is 19.4 Å². The number of thioether (sulfide) groups is 1. The van der Waals surface area contributed by atoms with E-state index in [2.05, 4.69) is 19.2 Å². The Kier molecular flexibility index (Phi) is 6.13. The first-order valence-electron chi connectivity index (χ1n) is 6.69. The zero-order chi connectivity index (χ0) is 14.5. The summed E-state index contributed by atoms with van der Waals surface area (Å²) < 4.78 is 5.29. The molecule has 0 spiro atoms. The zero-order valence-corrected chi connectivity index (χ0v) is 12.6. The van der Waals surface area contributed by atoms with Crippen molar-refractivity contribution in [3.8, 4) is 0 Å². The van der Waals surface area contributed by atoms with Gasteiger partial charge in [0.2, 0.25) is 5.91 Å². The SMILES string of the molecule is CCC(CC)(CNC(=O)[C@@H]1CC[C@H](C(=O)O)O1)SC. The Hall–Kier alpha value is -0.750. The number of carbonyl (C=O) groups excluding carboxylic acids is 1. The van der Waals surface area contributed by atoms with E-state index >= 15 is 0 Å². The van der Waals surface area contributed by atoms with Crippen LogP contribution in [0.2, 0.25) is 0 Å². The third kappa shape index (κ3) is 4.11. The average molecular weight is 289 g/mol. The molecule has 1 fully saturated rings. The summed E-state index contributed by atoms with van der Waals surface area (Å²) in [6.07, 6.45) is 3.44. The maximum atomic E-state index is 12.0. The van der Waals surface area contributed by atoms with Gasteiger partial charge in [-0.25, -0.2) is 4.79 Å². The predicted octanol–water partition coefficient (Wildman–Crippen LogP) is 1.66. The van der Waals surface area contributed by atoms with Crippen LogP contribution in [0.5, 0.6) is 0 Å². The number of hydrogen-bond donors (Lipinski definition) is 2. The highest BCUT2D eigenvalue weighted by molar-refractivity contribution is 8.00. The first kappa shape index (κ1) is 16.3. The second-order valence-corrected chi connectivity index (χ2v) is 6.12. The van der Waals surface area contributed by atoms with Crippen LogP contribution in [0.3, 0.4) is 0 Å². The Bertz CT molecular complexity index is 322. The summed E-state index contributed by atoms with van der Waals surface area (Å²) in [7, 11) is 0. The van der Waals surface area contributed by atoms with Crippen LogP contribution in [0.15, 0.2) is 0 Å². The lowest BCUT2D eigenvalue weighted by Crippen LogP contribution is -2.44. The van der Waals surface area contributed by atoms with Gasteiger partial charge in [-0.2, -0.15) is 11.8 Å². The number of rotatable bonds is 7. The largest absolute Gasteiger partial charge is 0.479 e. The van der Waals surface area contributed by atoms with Crippen LogP contribution in [-0.2, 0) is 14.3 Å². The Labute approximate surface area is 118 Å². The number of amides is 1. The van der Waals surface area contributed by atoms with Crippen LogP contribution in [0.4, 0.5) is 0 Å². The summed E-state index contributed by atoms with van der Waals surface area (Å²) in [6, 6.07) is 0. The Morgan fingerprint density at radius 1 is 1.32 bits per heavy atom. The van der Waals surface area contributed by atoms with Gasteiger partial charge in [0.25, 0.3) is 0 Å². The van der Waals surface area contributed by atoms with E-state index in [1.54, 1.807) is 11.8 Å². The number of carboxylic acids is 1. The lowest BCUT2D eigenvalue weighted by molar-refractivity contribution is -0.151. The van der Waals surface area contributed by atoms with Gasteiger partial charge >= 0.3 is 5.97 Å². The monoisotopic (exact) mass is 289 g/mol. The lowest BCUT2D eigenvalue weighted by atomic mass is 10.0. The third-order valence-corrected chi connectivity index (χ3v) is 5.48. The number of ether oxygens (including phenoxy) is 1. The second-order valence-electron chi connectivity index (χ2n) is 4.84. The summed E-state index contributed by atoms with van der Waals surface area (Å²) in [4.78, 5) is 22.7. The molecule has 19 heavy (non-hydrogen) atoms. The molecule has 0 saturated carbocycles. The molecule has 0 aromatic carbocycles. The molecule has 1 saturated heterocycles. The fourth-order valence-corrected chi connectivity index (χ4v) is 3.03. The molecule has 5 nitrogen and oxygen atoms in total. The Balaban J connectivity index is 2.46. The molecule has 0 aromatic heterocycles. The van der Waals surface area contributed by atoms with Gasteiger partial charge in [0.15, 0.2) is 6.10 Å². The van der Waals surface area contributed by atoms with Gasteiger partial charge in [0.1, 0.15) is 6.10 Å². The molecule has 1 amide bonds. The van der Waals surface area contributed by atoms with Gasteiger partial charge in [0, 0.05) is 11.3 Å². The fourth-order valence-electron chi connectivity index (χ4n) is 2.23. The molecule has 110 valence electrons. The van der Waals surface area contributed by atoms with E-state index in [0.717, 1.165) is 12.8 Å². The van der Waals surface area contributed by atoms with Crippen LogP contribution in [0, 0.1) is 0 Å². The van der Waals surface area contributed by atoms with Crippen molar-refractivity contribution in [1.29, 1.82) is 0 Å². The van der Waals surface area contributed by atoms with Crippen molar-refractivity contribution in [2.24, 2.45) is 0 Å². The van der Waals surface area contributed by atoms with E-state index in [-0.39, 0.29) is 10.7 Å². The highest BCUT2D eigenvalue weighted by Crippen LogP contribution is 2.29. The summed E-state index contributed by atoms with van der Waals surface area (Å²) >= 11 is 1.76. The quantitative estimate of drug-likeness (QED) is 0.745. The van der Waals surface area contributed by atoms with Crippen molar-refractivity contribution in [3.05, 3.63) is 0 Å². The average Bonchev–Trinajstić information content (AvgIpc) is 2.90. The molecule has 0 unspecified atom stereocenters. The molecule has 1 rings (SSSR count). The molecule has 6 heteroatoms. The van der Waals surface area contributed by atoms with Gasteiger partial charge < -0.3 is 15.2 Å². The van der Waals surface area contributed by atoms with Crippen LogP contribution >= 0.6 is 11.8 Å². The molecular weight excluding hydrogens is 266 g/mol. The van der Waals surface area contributed by atoms with Gasteiger partial charge in [-0.15, -0.1) is 0 Å². The highest BCUT2D eigenvalue weighted by atomic mass is 32.2. The van der Waals surface area contributed by atoms with Crippen LogP contribution in [0.1, 0.15) is 39.5 Å². The zero-order valence-electron chi connectivity index (χ0n) is 11.8. The van der Waals surface area contributed by atoms with Crippen molar-refractivity contribution in [1.82, 2.24) is 5.32 Å². The first-order chi connectivity index (χ1) is 8.98. The first-order valence-corrected chi connectivity index (χ1v) is 7.91. The fraction of sp³-hybridized carbons (Fsp3) is 0.846. The van der Waals surface area contributed by atoms with Crippen molar-refractivity contribution in [3.63, 3.8) is 0 Å². The Morgan fingerprint density at radius 3 is 2.32 bits per heavy atom. The standard InChI is InChI=1S/C13H23NO4S/c1-4-13(5-2,19-3)8-14-11(15)9-6-7-10(18-9)12(16)17/h9-10H,4-8H2,1-3H3,(H,14,15)(H,16,17)/t9-,10+/m0/s1. The smallest absolute Gasteiger partial charge is 0.332 e. The molecule has 1 heterocycles. The molecule has 0 bridgehead atoms. The van der Waals surface area contributed by atoms with Gasteiger partial charge in [-0.3, -0.25) is 4.79 Å². The van der Waals surface area contributed by atoms with Crippen molar-refractivity contribution >= 4 is 23.6 Å². The van der Waals surface area contributed by atoms with E-state index in [4.69, 9.17) is 9.84 Å². The summed E-state index contributed by atoms with van der Waals surface area (Å²) in [6.45, 7) is 4.81. The van der Waals surface area contributed by atoms with Crippen LogP contribution in [0.25, 0.3) is 0 Å². The molecule has 0 radical (unpaired) electrons. The maximum Gasteiger partial charge on any atom is 0.332 e. The van der Waals surface area contributed by atoms with E-state index in [0.29, 0.717) is 19.4 Å². The normalized spacial score (nSPS) is 23.3. The number of nitrogens with one attached hydrogen (secondary N) is 1. The van der Waals surface area contributed by atoms with Gasteiger partial charge in [-0.1, -0.05) is 13.8 Å². The summed E-state index contributed by atoms with van der Waals surface area (Å²) in [5.74, 6) is -1.18. The number of carboxylic acid groups (broad SMARTS) is 1. The molecule has 2 N–H and O–H groups in total. The van der Waals surface area contributed by atoms with E-state index in [9.17, 15) is 9.59 Å². The summed E-state index contributed by atoms with van der Waals surface area (Å²) in [5.41, 5.74) is 0. The molecule has 0 aromatic rings. The van der Waals surface area contributed by atoms with E-state index < -0.39 is 18.2 Å². The minimum atomic E-state index is -0.990. The minimum absolute atomic E-state index is 0.0560. The lowest BCUT2D eigenvalue weighted by Gasteiger charge is -2.30. The summed E-state index contributed by atoms with van der Waals surface area (Å²) in [5, 5.41) is 11.7. The number of carbonyl (C=O) groups is 2. The van der Waals surface area contributed by atoms with Crippen LogP contribution in [-0.4, -0.2) is 46.7 Å². The number of aliphatic carboxylic acids is 1. The van der Waals surface area contributed by atoms with E-state index in [1.165, 1.54) is 0 Å². The topological polar surface area (TPSA) is 75.6 Å². The Morgan fingerprint density at radius 2 is 1.89 bits per heavy atom. The van der Waals surface area contributed by atoms with Gasteiger partial charge in [-0.05, 0) is 31.9 Å². The molecular formula is C13H23NO4S. The van der Waals surface area contributed by atoms with Crippen molar-refractivity contribution in [2.45, 2.75) is 56.5 Å². The molecule has 1 aliphatic heterocycles. The van der Waals surface area contributed by atoms with Crippen LogP contribution < -0.4 is 5.32 Å². The minimum Gasteiger partial charge on any atom is -0.479 e. The van der Waals surface area contributed by atoms with Gasteiger partial charge in [0.05, 0.1) is 0 Å². The van der Waals surface area contributed by atoms with E-state index in [1.807, 2.05) is 6.26 Å².